The molecule has 0 amide bonds. The Balaban J connectivity index is 3.21. The summed E-state index contributed by atoms with van der Waals surface area (Å²) >= 11 is 0. The standard InChI is InChI=1S/C14H30N4O2/c1-2-3-4-5-6-7-8-9-10-11-12-13(19)20-18-14(15)17-16/h2-12,16H2,1H3,(H3,15,17,18). The summed E-state index contributed by atoms with van der Waals surface area (Å²) in [6, 6.07) is 0. The predicted molar refractivity (Wildman–Crippen MR) is 81.5 cm³/mol. The number of hydrogen-bond acceptors (Lipinski definition) is 4. The quantitative estimate of drug-likeness (QED) is 0.178. The zero-order chi connectivity index (χ0) is 15.1. The topological polar surface area (TPSA) is 103 Å². The van der Waals surface area contributed by atoms with Gasteiger partial charge in [0, 0.05) is 6.42 Å². The molecule has 20 heavy (non-hydrogen) atoms. The molecule has 0 radical (unpaired) electrons. The molecule has 0 atom stereocenters. The number of hydrazone groups is 1. The first-order chi connectivity index (χ1) is 9.70. The van der Waals surface area contributed by atoms with Crippen molar-refractivity contribution < 1.29 is 9.63 Å². The number of carbonyl (C=O) groups excluding carboxylic acids is 1. The van der Waals surface area contributed by atoms with Gasteiger partial charge in [-0.3, -0.25) is 0 Å². The third kappa shape index (κ3) is 13.0. The van der Waals surface area contributed by atoms with Gasteiger partial charge in [0.2, 0.25) is 5.96 Å². The molecule has 0 rings (SSSR count). The molecule has 118 valence electrons. The number of guanidine groups is 1. The van der Waals surface area contributed by atoms with E-state index in [9.17, 15) is 4.79 Å². The molecule has 0 saturated heterocycles. The first-order valence-electron chi connectivity index (χ1n) is 7.69. The van der Waals surface area contributed by atoms with Crippen LogP contribution in [-0.2, 0) is 9.63 Å². The Morgan fingerprint density at radius 2 is 1.50 bits per heavy atom. The summed E-state index contributed by atoms with van der Waals surface area (Å²) < 4.78 is 0. The van der Waals surface area contributed by atoms with E-state index in [0.717, 1.165) is 12.8 Å². The summed E-state index contributed by atoms with van der Waals surface area (Å²) in [5, 5.41) is 3.12. The van der Waals surface area contributed by atoms with Gasteiger partial charge in [-0.05, 0) is 6.42 Å². The first kappa shape index (κ1) is 18.5. The Kier molecular flexibility index (Phi) is 12.9. The minimum atomic E-state index is -0.337. The van der Waals surface area contributed by atoms with Crippen LogP contribution in [0.3, 0.4) is 0 Å². The highest BCUT2D eigenvalue weighted by Gasteiger charge is 2.03. The van der Waals surface area contributed by atoms with Crippen LogP contribution in [0.5, 0.6) is 0 Å². The van der Waals surface area contributed by atoms with Crippen LogP contribution >= 0.6 is 0 Å². The highest BCUT2D eigenvalue weighted by molar-refractivity contribution is 5.78. The van der Waals surface area contributed by atoms with Crippen molar-refractivity contribution in [1.29, 1.82) is 0 Å². The maximum absolute atomic E-state index is 11.3. The fraction of sp³-hybridized carbons (Fsp3) is 0.857. The molecule has 0 aromatic carbocycles. The molecule has 6 nitrogen and oxygen atoms in total. The summed E-state index contributed by atoms with van der Waals surface area (Å²) in [6.07, 6.45) is 12.8. The van der Waals surface area contributed by atoms with Gasteiger partial charge < -0.3 is 16.4 Å². The third-order valence-corrected chi connectivity index (χ3v) is 3.14. The zero-order valence-electron chi connectivity index (χ0n) is 12.7. The van der Waals surface area contributed by atoms with Crippen LogP contribution < -0.4 is 17.1 Å². The van der Waals surface area contributed by atoms with Crippen molar-refractivity contribution in [3.05, 3.63) is 0 Å². The molecular formula is C14H30N4O2. The Labute approximate surface area is 122 Å². The van der Waals surface area contributed by atoms with Crippen LogP contribution in [0.15, 0.2) is 5.10 Å². The second kappa shape index (κ2) is 14.0. The number of nitrogens with two attached hydrogens (primary N) is 2. The molecule has 0 bridgehead atoms. The van der Waals surface area contributed by atoms with Gasteiger partial charge in [-0.1, -0.05) is 64.7 Å². The molecular weight excluding hydrogens is 256 g/mol. The Morgan fingerprint density at radius 3 is 2.00 bits per heavy atom. The van der Waals surface area contributed by atoms with Gasteiger partial charge in [0.25, 0.3) is 0 Å². The number of nitrogens with zero attached hydrogens (tertiary/aromatic N) is 1. The van der Waals surface area contributed by atoms with E-state index >= 15 is 0 Å². The average molecular weight is 286 g/mol. The number of hydroxylamine groups is 1. The van der Waals surface area contributed by atoms with E-state index in [2.05, 4.69) is 22.3 Å². The molecule has 0 aliphatic carbocycles. The molecule has 0 spiro atoms. The van der Waals surface area contributed by atoms with Crippen LogP contribution in [-0.4, -0.2) is 11.9 Å². The third-order valence-electron chi connectivity index (χ3n) is 3.14. The fourth-order valence-electron chi connectivity index (χ4n) is 1.94. The lowest BCUT2D eigenvalue weighted by atomic mass is 10.1. The molecule has 0 fully saturated rings. The summed E-state index contributed by atoms with van der Waals surface area (Å²) in [6.45, 7) is 2.23. The van der Waals surface area contributed by atoms with Crippen molar-refractivity contribution in [2.45, 2.75) is 77.6 Å². The van der Waals surface area contributed by atoms with Crippen molar-refractivity contribution in [3.63, 3.8) is 0 Å². The molecule has 0 aliphatic rings. The SMILES string of the molecule is CCCCCCCCCCCCC(=O)ONC(N)=NN. The van der Waals surface area contributed by atoms with Crippen LogP contribution in [0.1, 0.15) is 77.6 Å². The fourth-order valence-corrected chi connectivity index (χ4v) is 1.94. The highest BCUT2D eigenvalue weighted by atomic mass is 16.7. The number of carbonyl (C=O) groups is 1. The maximum atomic E-state index is 11.3. The van der Waals surface area contributed by atoms with Crippen molar-refractivity contribution in [2.24, 2.45) is 16.7 Å². The largest absolute Gasteiger partial charge is 0.366 e. The monoisotopic (exact) mass is 286 g/mol. The van der Waals surface area contributed by atoms with Gasteiger partial charge in [0.05, 0.1) is 0 Å². The highest BCUT2D eigenvalue weighted by Crippen LogP contribution is 2.11. The molecule has 0 aliphatic heterocycles. The van der Waals surface area contributed by atoms with Crippen LogP contribution in [0.2, 0.25) is 0 Å². The van der Waals surface area contributed by atoms with E-state index in [4.69, 9.17) is 11.6 Å². The second-order valence-electron chi connectivity index (χ2n) is 5.02. The Morgan fingerprint density at radius 1 is 1.00 bits per heavy atom. The molecule has 0 aromatic rings. The lowest BCUT2D eigenvalue weighted by Crippen LogP contribution is -2.34. The Bertz CT molecular complexity index is 270. The van der Waals surface area contributed by atoms with Gasteiger partial charge in [-0.25, -0.2) is 4.79 Å². The van der Waals surface area contributed by atoms with E-state index in [1.165, 1.54) is 51.4 Å². The average Bonchev–Trinajstić information content (AvgIpc) is 2.46. The normalized spacial score (nSPS) is 11.3. The predicted octanol–water partition coefficient (Wildman–Crippen LogP) is 2.53. The second-order valence-corrected chi connectivity index (χ2v) is 5.02. The van der Waals surface area contributed by atoms with E-state index in [1.54, 1.807) is 0 Å². The van der Waals surface area contributed by atoms with Crippen LogP contribution in [0, 0.1) is 0 Å². The van der Waals surface area contributed by atoms with E-state index in [1.807, 2.05) is 0 Å². The van der Waals surface area contributed by atoms with Crippen molar-refractivity contribution in [1.82, 2.24) is 5.48 Å². The minimum Gasteiger partial charge on any atom is -0.366 e. The molecule has 0 saturated carbocycles. The Hall–Kier alpha value is -1.46. The van der Waals surface area contributed by atoms with Crippen molar-refractivity contribution >= 4 is 11.9 Å². The van der Waals surface area contributed by atoms with E-state index in [-0.39, 0.29) is 11.9 Å². The lowest BCUT2D eigenvalue weighted by molar-refractivity contribution is -0.148. The molecule has 5 N–H and O–H groups in total. The van der Waals surface area contributed by atoms with Gasteiger partial charge in [0.1, 0.15) is 0 Å². The van der Waals surface area contributed by atoms with Crippen molar-refractivity contribution in [2.75, 3.05) is 0 Å². The van der Waals surface area contributed by atoms with Crippen molar-refractivity contribution in [3.8, 4) is 0 Å². The summed E-state index contributed by atoms with van der Waals surface area (Å²) in [4.78, 5) is 15.9. The van der Waals surface area contributed by atoms with Gasteiger partial charge in [-0.15, -0.1) is 5.10 Å². The number of unbranched alkanes of at least 4 members (excludes halogenated alkanes) is 9. The maximum Gasteiger partial charge on any atom is 0.332 e. The van der Waals surface area contributed by atoms with E-state index in [0.29, 0.717) is 6.42 Å². The molecule has 6 heteroatoms. The van der Waals surface area contributed by atoms with Crippen LogP contribution in [0.25, 0.3) is 0 Å². The smallest absolute Gasteiger partial charge is 0.332 e. The zero-order valence-corrected chi connectivity index (χ0v) is 12.7. The summed E-state index contributed by atoms with van der Waals surface area (Å²) in [5.41, 5.74) is 7.38. The molecule has 0 unspecified atom stereocenters. The summed E-state index contributed by atoms with van der Waals surface area (Å²) in [7, 11) is 0. The van der Waals surface area contributed by atoms with Gasteiger partial charge >= 0.3 is 5.97 Å². The summed E-state index contributed by atoms with van der Waals surface area (Å²) in [5.74, 6) is 4.43. The number of hydrogen-bond donors (Lipinski definition) is 3. The first-order valence-corrected chi connectivity index (χ1v) is 7.69. The van der Waals surface area contributed by atoms with Gasteiger partial charge in [-0.2, -0.15) is 5.48 Å². The minimum absolute atomic E-state index is 0.110. The molecule has 0 aromatic heterocycles. The van der Waals surface area contributed by atoms with Gasteiger partial charge in [0.15, 0.2) is 0 Å². The number of nitrogens with one attached hydrogen (secondary N) is 1. The molecule has 0 heterocycles. The lowest BCUT2D eigenvalue weighted by Gasteiger charge is -2.05. The van der Waals surface area contributed by atoms with Crippen LogP contribution in [0.4, 0.5) is 0 Å². The number of rotatable bonds is 11. The van der Waals surface area contributed by atoms with E-state index < -0.39 is 0 Å².